The topological polar surface area (TPSA) is 29.5 Å². The fraction of sp³-hybridized carbons (Fsp3) is 0.800. The molecule has 0 aromatic carbocycles. The number of ether oxygens (including phenoxy) is 1. The normalized spacial score (nSPS) is 20.3. The van der Waals surface area contributed by atoms with Gasteiger partial charge < -0.3 is 40.5 Å². The number of nitrogens with zero attached hydrogens (tertiary/aromatic N) is 1. The Hall–Kier alpha value is 0.623. The molecule has 1 amide bonds. The first-order valence-corrected chi connectivity index (χ1v) is 4.73. The standard InChI is InChI=1S/C10H18NO2.HI.Zn/c1-8-6-5-7-11(8)9(12)13-10(2,3)4;;/h8H,1,5-7H2,2-4H3;1H;/q-1;;+2/p-1/t8-;;/m0../s1. The van der Waals surface area contributed by atoms with Crippen molar-refractivity contribution in [2.45, 2.75) is 45.3 Å². The number of carbonyl (C=O) groups is 1. The van der Waals surface area contributed by atoms with Crippen LogP contribution < -0.4 is 24.0 Å². The predicted molar refractivity (Wildman–Crippen MR) is 51.3 cm³/mol. The maximum atomic E-state index is 11.5. The summed E-state index contributed by atoms with van der Waals surface area (Å²) in [6.45, 7) is 10.3. The van der Waals surface area contributed by atoms with E-state index in [2.05, 4.69) is 6.92 Å². The number of likely N-dealkylation sites (tertiary alicyclic amines) is 1. The summed E-state index contributed by atoms with van der Waals surface area (Å²) < 4.78 is 5.24. The van der Waals surface area contributed by atoms with Crippen LogP contribution in [0.5, 0.6) is 0 Å². The minimum atomic E-state index is -0.403. The van der Waals surface area contributed by atoms with E-state index in [9.17, 15) is 4.79 Å². The van der Waals surface area contributed by atoms with Crippen LogP contribution in [-0.4, -0.2) is 29.2 Å². The van der Waals surface area contributed by atoms with Crippen molar-refractivity contribution in [2.24, 2.45) is 0 Å². The molecular weight excluding hydrogens is 358 g/mol. The van der Waals surface area contributed by atoms with E-state index < -0.39 is 5.60 Å². The summed E-state index contributed by atoms with van der Waals surface area (Å²) in [4.78, 5) is 13.2. The van der Waals surface area contributed by atoms with Gasteiger partial charge in [0.1, 0.15) is 5.60 Å². The van der Waals surface area contributed by atoms with Gasteiger partial charge in [-0.05, 0) is 27.2 Å². The molecule has 0 saturated carbocycles. The van der Waals surface area contributed by atoms with Crippen molar-refractivity contribution < 1.29 is 53.0 Å². The molecule has 1 aliphatic heterocycles. The Morgan fingerprint density at radius 1 is 1.47 bits per heavy atom. The molecular formula is C10H18INO2Zn. The molecule has 0 aliphatic carbocycles. The third-order valence-corrected chi connectivity index (χ3v) is 2.01. The molecule has 0 radical (unpaired) electrons. The Morgan fingerprint density at radius 2 is 2.00 bits per heavy atom. The zero-order valence-corrected chi connectivity index (χ0v) is 14.9. The van der Waals surface area contributed by atoms with E-state index in [4.69, 9.17) is 4.74 Å². The van der Waals surface area contributed by atoms with Gasteiger partial charge in [0.15, 0.2) is 0 Å². The van der Waals surface area contributed by atoms with Gasteiger partial charge in [0.25, 0.3) is 0 Å². The van der Waals surface area contributed by atoms with Gasteiger partial charge in [-0.2, -0.15) is 0 Å². The van der Waals surface area contributed by atoms with E-state index in [0.717, 1.165) is 19.4 Å². The number of halogens is 1. The first kappa shape index (κ1) is 18.0. The third-order valence-electron chi connectivity index (χ3n) is 2.01. The van der Waals surface area contributed by atoms with E-state index in [-0.39, 0.29) is 55.6 Å². The summed E-state index contributed by atoms with van der Waals surface area (Å²) in [5.41, 5.74) is -0.403. The van der Waals surface area contributed by atoms with E-state index >= 15 is 0 Å². The van der Waals surface area contributed by atoms with Gasteiger partial charge in [0.05, 0.1) is 0 Å². The van der Waals surface area contributed by atoms with E-state index in [1.54, 1.807) is 4.90 Å². The van der Waals surface area contributed by atoms with Crippen LogP contribution in [-0.2, 0) is 24.2 Å². The Kier molecular flexibility index (Phi) is 8.46. The van der Waals surface area contributed by atoms with Crippen LogP contribution in [0.1, 0.15) is 33.6 Å². The molecule has 1 aliphatic rings. The summed E-state index contributed by atoms with van der Waals surface area (Å²) >= 11 is 0. The van der Waals surface area contributed by atoms with Crippen molar-refractivity contribution in [3.63, 3.8) is 0 Å². The summed E-state index contributed by atoms with van der Waals surface area (Å²) in [6, 6.07) is 0.0925. The molecule has 0 unspecified atom stereocenters. The van der Waals surface area contributed by atoms with Crippen molar-refractivity contribution in [3.8, 4) is 0 Å². The van der Waals surface area contributed by atoms with E-state index in [1.807, 2.05) is 20.8 Å². The van der Waals surface area contributed by atoms with Gasteiger partial charge in [0, 0.05) is 6.54 Å². The summed E-state index contributed by atoms with van der Waals surface area (Å²) in [5, 5.41) is 0. The molecule has 84 valence electrons. The summed E-state index contributed by atoms with van der Waals surface area (Å²) in [5.74, 6) is 0. The van der Waals surface area contributed by atoms with Crippen molar-refractivity contribution >= 4 is 6.09 Å². The van der Waals surface area contributed by atoms with Crippen LogP contribution in [0.15, 0.2) is 0 Å². The monoisotopic (exact) mass is 375 g/mol. The van der Waals surface area contributed by atoms with Crippen LogP contribution in [0.25, 0.3) is 0 Å². The molecule has 1 fully saturated rings. The van der Waals surface area contributed by atoms with Crippen LogP contribution in [0, 0.1) is 6.92 Å². The SMILES string of the molecule is [CH2-][C@H]1CCCN1C(=O)OC(C)(C)C.[I-].[Zn+2]. The second-order valence-corrected chi connectivity index (χ2v) is 4.47. The Labute approximate surface area is 122 Å². The van der Waals surface area contributed by atoms with Gasteiger partial charge in [-0.3, -0.25) is 0 Å². The molecule has 0 aromatic rings. The fourth-order valence-electron chi connectivity index (χ4n) is 1.40. The number of hydrogen-bond acceptors (Lipinski definition) is 2. The fourth-order valence-corrected chi connectivity index (χ4v) is 1.40. The largest absolute Gasteiger partial charge is 2.00 e. The quantitative estimate of drug-likeness (QED) is 0.315. The maximum absolute atomic E-state index is 11.5. The average molecular weight is 377 g/mol. The van der Waals surface area contributed by atoms with Crippen LogP contribution >= 0.6 is 0 Å². The molecule has 0 spiro atoms. The third kappa shape index (κ3) is 6.05. The molecule has 1 saturated heterocycles. The second-order valence-electron chi connectivity index (χ2n) is 4.47. The number of hydrogen-bond donors (Lipinski definition) is 0. The van der Waals surface area contributed by atoms with E-state index in [0.29, 0.717) is 0 Å². The average Bonchev–Trinajstić information content (AvgIpc) is 2.30. The number of carbonyl (C=O) groups excluding carboxylic acids is 1. The molecule has 5 heteroatoms. The molecule has 0 aromatic heterocycles. The Balaban J connectivity index is 0. The van der Waals surface area contributed by atoms with Crippen LogP contribution in [0.4, 0.5) is 4.79 Å². The zero-order chi connectivity index (χ0) is 10.1. The Morgan fingerprint density at radius 3 is 2.33 bits per heavy atom. The smallest absolute Gasteiger partial charge is 1.00 e. The number of rotatable bonds is 0. The maximum Gasteiger partial charge on any atom is 2.00 e. The van der Waals surface area contributed by atoms with Crippen molar-refractivity contribution in [1.82, 2.24) is 4.90 Å². The first-order valence-electron chi connectivity index (χ1n) is 4.73. The van der Waals surface area contributed by atoms with Gasteiger partial charge in [-0.25, -0.2) is 4.79 Å². The zero-order valence-electron chi connectivity index (χ0n) is 9.75. The van der Waals surface area contributed by atoms with Gasteiger partial charge in [0.2, 0.25) is 0 Å². The minimum absolute atomic E-state index is 0. The van der Waals surface area contributed by atoms with Gasteiger partial charge in [-0.15, -0.1) is 0 Å². The first-order chi connectivity index (χ1) is 5.90. The van der Waals surface area contributed by atoms with Crippen LogP contribution in [0.2, 0.25) is 0 Å². The molecule has 1 rings (SSSR count). The molecule has 15 heavy (non-hydrogen) atoms. The predicted octanol–water partition coefficient (Wildman–Crippen LogP) is -0.779. The molecule has 1 atom stereocenters. The van der Waals surface area contributed by atoms with Crippen molar-refractivity contribution in [2.75, 3.05) is 6.54 Å². The minimum Gasteiger partial charge on any atom is -1.00 e. The molecule has 0 N–H and O–H groups in total. The molecule has 3 nitrogen and oxygen atoms in total. The van der Waals surface area contributed by atoms with Gasteiger partial charge >= 0.3 is 25.6 Å². The summed E-state index contributed by atoms with van der Waals surface area (Å²) in [6.07, 6.45) is 1.79. The van der Waals surface area contributed by atoms with Crippen molar-refractivity contribution in [1.29, 1.82) is 0 Å². The molecule has 1 heterocycles. The molecule has 0 bridgehead atoms. The van der Waals surface area contributed by atoms with Crippen molar-refractivity contribution in [3.05, 3.63) is 6.92 Å². The summed E-state index contributed by atoms with van der Waals surface area (Å²) in [7, 11) is 0. The number of amides is 1. The van der Waals surface area contributed by atoms with Crippen LogP contribution in [0.3, 0.4) is 0 Å². The van der Waals surface area contributed by atoms with Gasteiger partial charge in [-0.1, -0.05) is 12.5 Å². The Bertz CT molecular complexity index is 206. The van der Waals surface area contributed by atoms with E-state index in [1.165, 1.54) is 0 Å². The second kappa shape index (κ2) is 7.05.